The molecule has 0 fully saturated rings. The SMILES string of the molecule is COc1cc(C)c(CCC(C)=O)cc1Cl. The molecule has 1 aromatic carbocycles. The fourth-order valence-corrected chi connectivity index (χ4v) is 1.70. The molecule has 2 nitrogen and oxygen atoms in total. The van der Waals surface area contributed by atoms with Gasteiger partial charge in [-0.25, -0.2) is 0 Å². The van der Waals surface area contributed by atoms with Crippen LogP contribution in [0.15, 0.2) is 12.1 Å². The zero-order valence-electron chi connectivity index (χ0n) is 9.26. The second-order valence-electron chi connectivity index (χ2n) is 3.62. The standard InChI is InChI=1S/C12H15ClO2/c1-8-6-12(15-3)11(13)7-10(8)5-4-9(2)14/h6-7H,4-5H2,1-3H3. The molecule has 0 aliphatic carbocycles. The van der Waals surface area contributed by atoms with Crippen molar-refractivity contribution >= 4 is 17.4 Å². The smallest absolute Gasteiger partial charge is 0.137 e. The summed E-state index contributed by atoms with van der Waals surface area (Å²) in [5, 5.41) is 0.599. The van der Waals surface area contributed by atoms with E-state index in [9.17, 15) is 4.79 Å². The number of hydrogen-bond donors (Lipinski definition) is 0. The maximum atomic E-state index is 10.9. The van der Waals surface area contributed by atoms with Crippen molar-refractivity contribution in [2.45, 2.75) is 26.7 Å². The number of hydrogen-bond acceptors (Lipinski definition) is 2. The lowest BCUT2D eigenvalue weighted by atomic mass is 10.0. The number of aryl methyl sites for hydroxylation is 2. The van der Waals surface area contributed by atoms with Gasteiger partial charge in [-0.1, -0.05) is 11.6 Å². The molecule has 1 aromatic rings. The van der Waals surface area contributed by atoms with Crippen molar-refractivity contribution in [2.75, 3.05) is 7.11 Å². The van der Waals surface area contributed by atoms with Crippen LogP contribution in [0.4, 0.5) is 0 Å². The summed E-state index contributed by atoms with van der Waals surface area (Å²) in [6.45, 7) is 3.59. The largest absolute Gasteiger partial charge is 0.495 e. The van der Waals surface area contributed by atoms with Crippen molar-refractivity contribution < 1.29 is 9.53 Å². The van der Waals surface area contributed by atoms with Gasteiger partial charge in [0, 0.05) is 6.42 Å². The third-order valence-electron chi connectivity index (χ3n) is 2.36. The van der Waals surface area contributed by atoms with E-state index in [4.69, 9.17) is 16.3 Å². The highest BCUT2D eigenvalue weighted by atomic mass is 35.5. The van der Waals surface area contributed by atoms with E-state index in [1.54, 1.807) is 14.0 Å². The molecule has 1 rings (SSSR count). The molecule has 0 atom stereocenters. The first kappa shape index (κ1) is 12.1. The van der Waals surface area contributed by atoms with Gasteiger partial charge in [0.25, 0.3) is 0 Å². The Morgan fingerprint density at radius 3 is 2.67 bits per heavy atom. The van der Waals surface area contributed by atoms with E-state index in [1.807, 2.05) is 19.1 Å². The first-order valence-electron chi connectivity index (χ1n) is 4.87. The van der Waals surface area contributed by atoms with Gasteiger partial charge in [-0.15, -0.1) is 0 Å². The van der Waals surface area contributed by atoms with Gasteiger partial charge < -0.3 is 9.53 Å². The zero-order chi connectivity index (χ0) is 11.4. The van der Waals surface area contributed by atoms with Crippen molar-refractivity contribution in [1.82, 2.24) is 0 Å². The Morgan fingerprint density at radius 1 is 1.47 bits per heavy atom. The Hall–Kier alpha value is -1.02. The molecule has 0 bridgehead atoms. The minimum Gasteiger partial charge on any atom is -0.495 e. The minimum absolute atomic E-state index is 0.196. The van der Waals surface area contributed by atoms with Crippen molar-refractivity contribution in [3.63, 3.8) is 0 Å². The summed E-state index contributed by atoms with van der Waals surface area (Å²) >= 11 is 6.01. The quantitative estimate of drug-likeness (QED) is 0.788. The molecule has 0 unspecified atom stereocenters. The summed E-state index contributed by atoms with van der Waals surface area (Å²) < 4.78 is 5.11. The molecule has 0 heterocycles. The zero-order valence-corrected chi connectivity index (χ0v) is 10.0. The van der Waals surface area contributed by atoms with Gasteiger partial charge in [-0.3, -0.25) is 0 Å². The molecule has 0 saturated heterocycles. The lowest BCUT2D eigenvalue weighted by Crippen LogP contribution is -1.97. The van der Waals surface area contributed by atoms with Gasteiger partial charge in [0.2, 0.25) is 0 Å². The number of benzene rings is 1. The average Bonchev–Trinajstić information content (AvgIpc) is 2.18. The van der Waals surface area contributed by atoms with E-state index in [0.29, 0.717) is 17.2 Å². The van der Waals surface area contributed by atoms with Crippen molar-refractivity contribution in [3.8, 4) is 5.75 Å². The number of carbonyl (C=O) groups excluding carboxylic acids is 1. The summed E-state index contributed by atoms with van der Waals surface area (Å²) in [6.07, 6.45) is 1.30. The normalized spacial score (nSPS) is 10.1. The van der Waals surface area contributed by atoms with Crippen LogP contribution in [0, 0.1) is 6.92 Å². The Morgan fingerprint density at radius 2 is 2.13 bits per heavy atom. The first-order chi connectivity index (χ1) is 7.04. The lowest BCUT2D eigenvalue weighted by Gasteiger charge is -2.09. The minimum atomic E-state index is 0.196. The van der Waals surface area contributed by atoms with Crippen LogP contribution in [-0.2, 0) is 11.2 Å². The Kier molecular flexibility index (Phi) is 4.15. The van der Waals surface area contributed by atoms with Crippen LogP contribution >= 0.6 is 11.6 Å². The number of Topliss-reactive ketones (excluding diaryl/α,β-unsaturated/α-hetero) is 1. The summed E-state index contributed by atoms with van der Waals surface area (Å²) in [6, 6.07) is 3.77. The summed E-state index contributed by atoms with van der Waals surface area (Å²) in [7, 11) is 1.59. The fraction of sp³-hybridized carbons (Fsp3) is 0.417. The van der Waals surface area contributed by atoms with E-state index in [-0.39, 0.29) is 5.78 Å². The Balaban J connectivity index is 2.90. The molecule has 0 spiro atoms. The molecule has 15 heavy (non-hydrogen) atoms. The van der Waals surface area contributed by atoms with Gasteiger partial charge in [-0.2, -0.15) is 0 Å². The first-order valence-corrected chi connectivity index (χ1v) is 5.25. The molecular formula is C12H15ClO2. The van der Waals surface area contributed by atoms with E-state index in [0.717, 1.165) is 17.5 Å². The van der Waals surface area contributed by atoms with Crippen molar-refractivity contribution in [2.24, 2.45) is 0 Å². The lowest BCUT2D eigenvalue weighted by molar-refractivity contribution is -0.116. The predicted octanol–water partition coefficient (Wildman–Crippen LogP) is 3.18. The highest BCUT2D eigenvalue weighted by molar-refractivity contribution is 6.32. The van der Waals surface area contributed by atoms with Crippen LogP contribution in [0.1, 0.15) is 24.5 Å². The summed E-state index contributed by atoms with van der Waals surface area (Å²) in [4.78, 5) is 10.9. The summed E-state index contributed by atoms with van der Waals surface area (Å²) in [5.41, 5.74) is 2.22. The van der Waals surface area contributed by atoms with Gasteiger partial charge in [0.15, 0.2) is 0 Å². The van der Waals surface area contributed by atoms with Gasteiger partial charge in [-0.05, 0) is 43.5 Å². The van der Waals surface area contributed by atoms with Crippen molar-refractivity contribution in [1.29, 1.82) is 0 Å². The molecule has 3 heteroatoms. The van der Waals surface area contributed by atoms with Crippen LogP contribution in [0.3, 0.4) is 0 Å². The third kappa shape index (κ3) is 3.24. The van der Waals surface area contributed by atoms with E-state index in [1.165, 1.54) is 0 Å². The number of ketones is 1. The highest BCUT2D eigenvalue weighted by Crippen LogP contribution is 2.28. The van der Waals surface area contributed by atoms with Crippen LogP contribution in [0.5, 0.6) is 5.75 Å². The molecule has 0 saturated carbocycles. The molecule has 0 radical (unpaired) electrons. The highest BCUT2D eigenvalue weighted by Gasteiger charge is 2.06. The molecule has 0 amide bonds. The second-order valence-corrected chi connectivity index (χ2v) is 4.02. The summed E-state index contributed by atoms with van der Waals surface area (Å²) in [5.74, 6) is 0.877. The van der Waals surface area contributed by atoms with Gasteiger partial charge in [0.1, 0.15) is 11.5 Å². The van der Waals surface area contributed by atoms with E-state index >= 15 is 0 Å². The maximum Gasteiger partial charge on any atom is 0.137 e. The topological polar surface area (TPSA) is 26.3 Å². The van der Waals surface area contributed by atoms with Gasteiger partial charge >= 0.3 is 0 Å². The Labute approximate surface area is 95.2 Å². The monoisotopic (exact) mass is 226 g/mol. The van der Waals surface area contributed by atoms with Crippen LogP contribution < -0.4 is 4.74 Å². The van der Waals surface area contributed by atoms with Gasteiger partial charge in [0.05, 0.1) is 12.1 Å². The second kappa shape index (κ2) is 5.17. The fourth-order valence-electron chi connectivity index (χ4n) is 1.43. The maximum absolute atomic E-state index is 10.9. The number of methoxy groups -OCH3 is 1. The molecule has 82 valence electrons. The molecular weight excluding hydrogens is 212 g/mol. The number of carbonyl (C=O) groups is 1. The number of halogens is 1. The van der Waals surface area contributed by atoms with Crippen LogP contribution in [0.2, 0.25) is 5.02 Å². The predicted molar refractivity (Wildman–Crippen MR) is 61.7 cm³/mol. The Bertz CT molecular complexity index is 372. The van der Waals surface area contributed by atoms with Crippen LogP contribution in [0.25, 0.3) is 0 Å². The van der Waals surface area contributed by atoms with E-state index < -0.39 is 0 Å². The number of rotatable bonds is 4. The van der Waals surface area contributed by atoms with E-state index in [2.05, 4.69) is 0 Å². The average molecular weight is 227 g/mol. The number of ether oxygens (including phenoxy) is 1. The van der Waals surface area contributed by atoms with Crippen molar-refractivity contribution in [3.05, 3.63) is 28.3 Å². The molecule has 0 N–H and O–H groups in total. The molecule has 0 aliphatic heterocycles. The third-order valence-corrected chi connectivity index (χ3v) is 2.65. The van der Waals surface area contributed by atoms with Crippen LogP contribution in [-0.4, -0.2) is 12.9 Å². The molecule has 0 aromatic heterocycles. The molecule has 0 aliphatic rings.